The van der Waals surface area contributed by atoms with Crippen LogP contribution in [0.1, 0.15) is 26.2 Å². The van der Waals surface area contributed by atoms with Gasteiger partial charge in [-0.2, -0.15) is 15.0 Å². The largest absolute Gasteiger partial charge is 0.461 e. The maximum atomic E-state index is 5.70. The topological polar surface area (TPSA) is 86.4 Å². The van der Waals surface area contributed by atoms with Gasteiger partial charge in [0.2, 0.25) is 11.9 Å². The number of nitrogens with two attached hydrogens (primary N) is 1. The standard InChI is InChI=1S/C12H21N5O2/c1-2-18-8-9-19-12-15-10(13)14-11(16-12)17-6-4-3-5-7-17/h2-9H2,1H3,(H2,13,14,15,16). The van der Waals surface area contributed by atoms with Gasteiger partial charge in [-0.3, -0.25) is 0 Å². The van der Waals surface area contributed by atoms with E-state index in [0.717, 1.165) is 25.9 Å². The maximum absolute atomic E-state index is 5.70. The highest BCUT2D eigenvalue weighted by Gasteiger charge is 2.15. The number of aromatic nitrogens is 3. The van der Waals surface area contributed by atoms with Crippen LogP contribution in [0.15, 0.2) is 0 Å². The van der Waals surface area contributed by atoms with Gasteiger partial charge in [-0.25, -0.2) is 0 Å². The first-order valence-corrected chi connectivity index (χ1v) is 6.76. The van der Waals surface area contributed by atoms with E-state index in [-0.39, 0.29) is 12.0 Å². The molecule has 0 saturated carbocycles. The van der Waals surface area contributed by atoms with Crippen LogP contribution in [-0.4, -0.2) is 47.9 Å². The highest BCUT2D eigenvalue weighted by molar-refractivity contribution is 5.36. The summed E-state index contributed by atoms with van der Waals surface area (Å²) in [5, 5.41) is 0. The minimum absolute atomic E-state index is 0.196. The number of anilines is 2. The second-order valence-corrected chi connectivity index (χ2v) is 4.37. The molecule has 0 unspecified atom stereocenters. The highest BCUT2D eigenvalue weighted by Crippen LogP contribution is 2.18. The first-order valence-electron chi connectivity index (χ1n) is 6.76. The van der Waals surface area contributed by atoms with Gasteiger partial charge in [0.05, 0.1) is 6.61 Å². The number of nitrogens with zero attached hydrogens (tertiary/aromatic N) is 4. The molecule has 0 aliphatic carbocycles. The van der Waals surface area contributed by atoms with Crippen molar-refractivity contribution in [2.24, 2.45) is 0 Å². The van der Waals surface area contributed by atoms with Crippen molar-refractivity contribution in [3.05, 3.63) is 0 Å². The van der Waals surface area contributed by atoms with Crippen molar-refractivity contribution < 1.29 is 9.47 Å². The molecule has 7 nitrogen and oxygen atoms in total. The van der Waals surface area contributed by atoms with Gasteiger partial charge in [0.1, 0.15) is 6.61 Å². The third kappa shape index (κ3) is 4.20. The van der Waals surface area contributed by atoms with Crippen LogP contribution in [0.5, 0.6) is 6.01 Å². The Balaban J connectivity index is 1.97. The Bertz CT molecular complexity index is 396. The summed E-state index contributed by atoms with van der Waals surface area (Å²) in [6.45, 7) is 5.46. The molecule has 0 radical (unpaired) electrons. The Hall–Kier alpha value is -1.63. The quantitative estimate of drug-likeness (QED) is 0.765. The normalized spacial score (nSPS) is 15.5. The van der Waals surface area contributed by atoms with Crippen molar-refractivity contribution in [3.63, 3.8) is 0 Å². The molecule has 0 spiro atoms. The molecule has 1 fully saturated rings. The zero-order valence-corrected chi connectivity index (χ0v) is 11.3. The molecule has 1 aliphatic heterocycles. The monoisotopic (exact) mass is 267 g/mol. The average Bonchev–Trinajstić information content (AvgIpc) is 2.44. The Morgan fingerprint density at radius 2 is 1.89 bits per heavy atom. The molecule has 1 aromatic heterocycles. The lowest BCUT2D eigenvalue weighted by Crippen LogP contribution is -2.31. The third-order valence-corrected chi connectivity index (χ3v) is 2.92. The summed E-state index contributed by atoms with van der Waals surface area (Å²) >= 11 is 0. The zero-order chi connectivity index (χ0) is 13.5. The fourth-order valence-electron chi connectivity index (χ4n) is 2.00. The molecule has 2 rings (SSSR count). The Morgan fingerprint density at radius 1 is 1.11 bits per heavy atom. The summed E-state index contributed by atoms with van der Waals surface area (Å²) in [6, 6.07) is 0.271. The zero-order valence-electron chi connectivity index (χ0n) is 11.3. The third-order valence-electron chi connectivity index (χ3n) is 2.92. The molecule has 1 aromatic rings. The molecular formula is C12H21N5O2. The molecular weight excluding hydrogens is 246 g/mol. The lowest BCUT2D eigenvalue weighted by Gasteiger charge is -2.26. The Labute approximate surface area is 113 Å². The molecule has 0 atom stereocenters. The first-order chi connectivity index (χ1) is 9.29. The van der Waals surface area contributed by atoms with Crippen LogP contribution in [0.4, 0.5) is 11.9 Å². The van der Waals surface area contributed by atoms with Crippen molar-refractivity contribution in [1.29, 1.82) is 0 Å². The van der Waals surface area contributed by atoms with Crippen molar-refractivity contribution in [2.45, 2.75) is 26.2 Å². The van der Waals surface area contributed by atoms with E-state index in [4.69, 9.17) is 15.2 Å². The number of nitrogen functional groups attached to an aromatic ring is 1. The smallest absolute Gasteiger partial charge is 0.323 e. The van der Waals surface area contributed by atoms with Crippen LogP contribution < -0.4 is 15.4 Å². The van der Waals surface area contributed by atoms with Crippen molar-refractivity contribution in [1.82, 2.24) is 15.0 Å². The van der Waals surface area contributed by atoms with E-state index in [1.54, 1.807) is 0 Å². The Kier molecular flexibility index (Phi) is 5.14. The molecule has 19 heavy (non-hydrogen) atoms. The lowest BCUT2D eigenvalue weighted by atomic mass is 10.1. The van der Waals surface area contributed by atoms with Crippen molar-refractivity contribution >= 4 is 11.9 Å². The van der Waals surface area contributed by atoms with Gasteiger partial charge in [-0.1, -0.05) is 0 Å². The Morgan fingerprint density at radius 3 is 2.63 bits per heavy atom. The molecule has 0 amide bonds. The van der Waals surface area contributed by atoms with E-state index in [1.165, 1.54) is 6.42 Å². The molecule has 2 N–H and O–H groups in total. The average molecular weight is 267 g/mol. The summed E-state index contributed by atoms with van der Waals surface area (Å²) in [4.78, 5) is 14.6. The molecule has 1 saturated heterocycles. The number of hydrogen-bond acceptors (Lipinski definition) is 7. The van der Waals surface area contributed by atoms with E-state index in [0.29, 0.717) is 25.8 Å². The predicted molar refractivity (Wildman–Crippen MR) is 72.3 cm³/mol. The minimum Gasteiger partial charge on any atom is -0.461 e. The van der Waals surface area contributed by atoms with Crippen LogP contribution in [-0.2, 0) is 4.74 Å². The lowest BCUT2D eigenvalue weighted by molar-refractivity contribution is 0.106. The second kappa shape index (κ2) is 7.08. The number of piperidine rings is 1. The van der Waals surface area contributed by atoms with Crippen LogP contribution in [0.2, 0.25) is 0 Å². The van der Waals surface area contributed by atoms with E-state index < -0.39 is 0 Å². The van der Waals surface area contributed by atoms with E-state index in [9.17, 15) is 0 Å². The number of rotatable bonds is 6. The van der Waals surface area contributed by atoms with Crippen LogP contribution >= 0.6 is 0 Å². The van der Waals surface area contributed by atoms with Gasteiger partial charge in [-0.05, 0) is 26.2 Å². The molecule has 0 aromatic carbocycles. The maximum Gasteiger partial charge on any atom is 0.323 e. The van der Waals surface area contributed by atoms with Gasteiger partial charge in [0.25, 0.3) is 0 Å². The second-order valence-electron chi connectivity index (χ2n) is 4.37. The minimum atomic E-state index is 0.196. The summed E-state index contributed by atoms with van der Waals surface area (Å²) in [5.41, 5.74) is 5.70. The van der Waals surface area contributed by atoms with Crippen molar-refractivity contribution in [3.8, 4) is 6.01 Å². The number of ether oxygens (including phenoxy) is 2. The molecule has 106 valence electrons. The van der Waals surface area contributed by atoms with Gasteiger partial charge in [-0.15, -0.1) is 0 Å². The molecule has 2 heterocycles. The first kappa shape index (κ1) is 13.8. The van der Waals surface area contributed by atoms with Gasteiger partial charge < -0.3 is 20.1 Å². The van der Waals surface area contributed by atoms with E-state index in [2.05, 4.69) is 19.9 Å². The van der Waals surface area contributed by atoms with E-state index >= 15 is 0 Å². The summed E-state index contributed by atoms with van der Waals surface area (Å²) in [5.74, 6) is 0.806. The van der Waals surface area contributed by atoms with Gasteiger partial charge in [0, 0.05) is 19.7 Å². The fraction of sp³-hybridized carbons (Fsp3) is 0.750. The predicted octanol–water partition coefficient (Wildman–Crippen LogP) is 0.859. The van der Waals surface area contributed by atoms with Crippen LogP contribution in [0.3, 0.4) is 0 Å². The highest BCUT2D eigenvalue weighted by atomic mass is 16.5. The van der Waals surface area contributed by atoms with Gasteiger partial charge in [0.15, 0.2) is 0 Å². The SMILES string of the molecule is CCOCCOc1nc(N)nc(N2CCCCC2)n1. The van der Waals surface area contributed by atoms with Crippen molar-refractivity contribution in [2.75, 3.05) is 43.5 Å². The summed E-state index contributed by atoms with van der Waals surface area (Å²) in [6.07, 6.45) is 3.58. The van der Waals surface area contributed by atoms with E-state index in [1.807, 2.05) is 6.92 Å². The van der Waals surface area contributed by atoms with Crippen LogP contribution in [0, 0.1) is 0 Å². The number of hydrogen-bond donors (Lipinski definition) is 1. The van der Waals surface area contributed by atoms with Gasteiger partial charge >= 0.3 is 6.01 Å². The fourth-order valence-corrected chi connectivity index (χ4v) is 2.00. The summed E-state index contributed by atoms with van der Waals surface area (Å²) in [7, 11) is 0. The molecule has 7 heteroatoms. The summed E-state index contributed by atoms with van der Waals surface area (Å²) < 4.78 is 10.6. The molecule has 1 aliphatic rings. The van der Waals surface area contributed by atoms with Crippen LogP contribution in [0.25, 0.3) is 0 Å². The molecule has 0 bridgehead atoms.